The summed E-state index contributed by atoms with van der Waals surface area (Å²) in [7, 11) is 0. The van der Waals surface area contributed by atoms with Crippen molar-refractivity contribution < 1.29 is 13.6 Å². The van der Waals surface area contributed by atoms with Crippen molar-refractivity contribution in [3.63, 3.8) is 0 Å². The molecule has 38 heavy (non-hydrogen) atoms. The van der Waals surface area contributed by atoms with E-state index in [1.54, 1.807) is 10.4 Å². The first-order valence-corrected chi connectivity index (χ1v) is 13.1. The largest absolute Gasteiger partial charge is 0.355 e. The third-order valence-corrected chi connectivity index (χ3v) is 8.54. The zero-order valence-corrected chi connectivity index (χ0v) is 21.5. The van der Waals surface area contributed by atoms with Crippen LogP contribution in [0.2, 0.25) is 0 Å². The Morgan fingerprint density at radius 1 is 1.21 bits per heavy atom. The summed E-state index contributed by atoms with van der Waals surface area (Å²) in [6.07, 6.45) is 2.17. The summed E-state index contributed by atoms with van der Waals surface area (Å²) in [4.78, 5) is 26.1. The van der Waals surface area contributed by atoms with E-state index in [-0.39, 0.29) is 22.4 Å². The lowest BCUT2D eigenvalue weighted by Crippen LogP contribution is -2.59. The van der Waals surface area contributed by atoms with Crippen LogP contribution >= 0.6 is 11.3 Å². The normalized spacial score (nSPS) is 16.1. The van der Waals surface area contributed by atoms with Crippen LogP contribution in [0.15, 0.2) is 54.6 Å². The topological polar surface area (TPSA) is 73.1 Å². The number of carbonyl (C=O) groups excluding carboxylic acids is 1. The molecule has 2 aliphatic rings. The molecule has 0 bridgehead atoms. The maximum absolute atomic E-state index is 15.1. The summed E-state index contributed by atoms with van der Waals surface area (Å²) < 4.78 is 29.0. The number of nitrogens with zero attached hydrogens (tertiary/aromatic N) is 5. The number of benzene rings is 2. The highest BCUT2D eigenvalue weighted by Crippen LogP contribution is 2.44. The first kappa shape index (κ1) is 24.2. The van der Waals surface area contributed by atoms with Gasteiger partial charge in [-0.05, 0) is 43.2 Å². The van der Waals surface area contributed by atoms with E-state index in [4.69, 9.17) is 4.98 Å². The Labute approximate surface area is 222 Å². The molecule has 0 radical (unpaired) electrons. The number of fused-ring (bicyclic) bond motifs is 1. The van der Waals surface area contributed by atoms with Crippen LogP contribution in [-0.2, 0) is 4.79 Å². The van der Waals surface area contributed by atoms with Crippen LogP contribution < -0.4 is 4.90 Å². The maximum atomic E-state index is 15.1. The van der Waals surface area contributed by atoms with Gasteiger partial charge in [-0.1, -0.05) is 18.7 Å². The van der Waals surface area contributed by atoms with Crippen molar-refractivity contribution in [2.24, 2.45) is 5.41 Å². The van der Waals surface area contributed by atoms with E-state index in [2.05, 4.69) is 22.5 Å². The Balaban J connectivity index is 1.51. The van der Waals surface area contributed by atoms with E-state index in [1.807, 2.05) is 25.1 Å². The highest BCUT2D eigenvalue weighted by Gasteiger charge is 2.49. The number of amides is 1. The number of rotatable bonds is 4. The van der Waals surface area contributed by atoms with Crippen molar-refractivity contribution in [1.82, 2.24) is 14.9 Å². The quantitative estimate of drug-likeness (QED) is 0.318. The maximum Gasteiger partial charge on any atom is 0.245 e. The SMILES string of the molecule is C=CC(=O)N1CC2(CCN(c3nc4cc(-c5scnc5C)ccc4c(-c4ccc(F)cc4F)c3C#N)C2)C1. The second-order valence-electron chi connectivity index (χ2n) is 9.99. The molecule has 1 spiro atoms. The number of aryl methyl sites for hydroxylation is 1. The molecule has 0 N–H and O–H groups in total. The molecule has 0 saturated carbocycles. The van der Waals surface area contributed by atoms with Gasteiger partial charge in [-0.3, -0.25) is 4.79 Å². The van der Waals surface area contributed by atoms with Gasteiger partial charge in [-0.25, -0.2) is 18.7 Å². The predicted molar refractivity (Wildman–Crippen MR) is 144 cm³/mol. The summed E-state index contributed by atoms with van der Waals surface area (Å²) in [5.74, 6) is -1.04. The molecular formula is C29H23F2N5OS. The van der Waals surface area contributed by atoms with Gasteiger partial charge in [0.2, 0.25) is 5.91 Å². The van der Waals surface area contributed by atoms with Gasteiger partial charge in [-0.2, -0.15) is 5.26 Å². The van der Waals surface area contributed by atoms with Crippen molar-refractivity contribution in [1.29, 1.82) is 5.26 Å². The van der Waals surface area contributed by atoms with Crippen LogP contribution in [0.3, 0.4) is 0 Å². The number of hydrogen-bond donors (Lipinski definition) is 0. The zero-order valence-electron chi connectivity index (χ0n) is 20.7. The van der Waals surface area contributed by atoms with E-state index in [1.165, 1.54) is 29.5 Å². The molecule has 4 aromatic rings. The monoisotopic (exact) mass is 527 g/mol. The number of carbonyl (C=O) groups is 1. The zero-order chi connectivity index (χ0) is 26.6. The second-order valence-corrected chi connectivity index (χ2v) is 10.8. The molecule has 0 unspecified atom stereocenters. The minimum Gasteiger partial charge on any atom is -0.355 e. The smallest absolute Gasteiger partial charge is 0.245 e. The van der Waals surface area contributed by atoms with Crippen molar-refractivity contribution in [3.05, 3.63) is 77.5 Å². The molecular weight excluding hydrogens is 504 g/mol. The number of hydrogen-bond acceptors (Lipinski definition) is 6. The van der Waals surface area contributed by atoms with Crippen LogP contribution in [0.25, 0.3) is 32.5 Å². The number of thiazole rings is 1. The summed E-state index contributed by atoms with van der Waals surface area (Å²) in [5.41, 5.74) is 4.95. The highest BCUT2D eigenvalue weighted by atomic mass is 32.1. The van der Waals surface area contributed by atoms with E-state index in [9.17, 15) is 14.4 Å². The summed E-state index contributed by atoms with van der Waals surface area (Å²) in [6, 6.07) is 11.4. The molecule has 2 saturated heterocycles. The van der Waals surface area contributed by atoms with Gasteiger partial charge in [-0.15, -0.1) is 11.3 Å². The fourth-order valence-corrected chi connectivity index (χ4v) is 6.50. The molecule has 2 aromatic heterocycles. The van der Waals surface area contributed by atoms with Crippen LogP contribution in [0.5, 0.6) is 0 Å². The van der Waals surface area contributed by atoms with Gasteiger partial charge >= 0.3 is 0 Å². The van der Waals surface area contributed by atoms with Crippen molar-refractivity contribution in [2.45, 2.75) is 13.3 Å². The first-order valence-electron chi connectivity index (χ1n) is 12.2. The number of aromatic nitrogens is 2. The minimum absolute atomic E-state index is 0.0785. The number of likely N-dealkylation sites (tertiary alicyclic amines) is 1. The number of anilines is 1. The lowest BCUT2D eigenvalue weighted by Gasteiger charge is -2.47. The van der Waals surface area contributed by atoms with Gasteiger partial charge in [0.05, 0.1) is 21.6 Å². The molecule has 2 fully saturated rings. The molecule has 2 aromatic carbocycles. The summed E-state index contributed by atoms with van der Waals surface area (Å²) >= 11 is 1.53. The Hall–Kier alpha value is -4.16. The molecule has 190 valence electrons. The fraction of sp³-hybridized carbons (Fsp3) is 0.241. The van der Waals surface area contributed by atoms with E-state index in [0.717, 1.165) is 28.6 Å². The molecule has 0 aliphatic carbocycles. The van der Waals surface area contributed by atoms with Gasteiger partial charge in [0.1, 0.15) is 29.1 Å². The lowest BCUT2D eigenvalue weighted by atomic mass is 9.79. The van der Waals surface area contributed by atoms with Gasteiger partial charge < -0.3 is 9.80 Å². The van der Waals surface area contributed by atoms with Gasteiger partial charge in [0, 0.05) is 54.2 Å². The second kappa shape index (κ2) is 8.99. The molecule has 1 amide bonds. The van der Waals surface area contributed by atoms with Crippen molar-refractivity contribution in [2.75, 3.05) is 31.1 Å². The fourth-order valence-electron chi connectivity index (χ4n) is 5.70. The molecule has 4 heterocycles. The third-order valence-electron chi connectivity index (χ3n) is 7.56. The third kappa shape index (κ3) is 3.84. The molecule has 9 heteroatoms. The molecule has 6 nitrogen and oxygen atoms in total. The first-order chi connectivity index (χ1) is 18.3. The predicted octanol–water partition coefficient (Wildman–Crippen LogP) is 5.71. The number of pyridine rings is 1. The van der Waals surface area contributed by atoms with Crippen LogP contribution in [-0.4, -0.2) is 47.0 Å². The van der Waals surface area contributed by atoms with E-state index >= 15 is 4.39 Å². The van der Waals surface area contributed by atoms with E-state index < -0.39 is 11.6 Å². The summed E-state index contributed by atoms with van der Waals surface area (Å²) in [6.45, 7) is 8.04. The Morgan fingerprint density at radius 3 is 2.71 bits per heavy atom. The van der Waals surface area contributed by atoms with Crippen LogP contribution in [0, 0.1) is 35.3 Å². The van der Waals surface area contributed by atoms with Crippen molar-refractivity contribution in [3.8, 4) is 27.6 Å². The Bertz CT molecular complexity index is 1670. The van der Waals surface area contributed by atoms with Crippen molar-refractivity contribution >= 4 is 34.0 Å². The average molecular weight is 528 g/mol. The molecule has 0 atom stereocenters. The Morgan fingerprint density at radius 2 is 2.03 bits per heavy atom. The standard InChI is InChI=1S/C29H23F2N5OS/c1-3-25(37)36-14-29(15-36)8-9-35(13-29)28-22(12-32)26(20-7-5-19(30)11-23(20)31)21-6-4-18(10-24(21)34-28)27-17(2)33-16-38-27/h3-7,10-11,16H,1,8-9,13-15H2,2H3. The Kier molecular flexibility index (Phi) is 5.73. The highest BCUT2D eigenvalue weighted by molar-refractivity contribution is 7.13. The van der Waals surface area contributed by atoms with Crippen LogP contribution in [0.4, 0.5) is 14.6 Å². The van der Waals surface area contributed by atoms with Crippen LogP contribution in [0.1, 0.15) is 17.7 Å². The molecule has 2 aliphatic heterocycles. The average Bonchev–Trinajstić information content (AvgIpc) is 3.53. The summed E-state index contributed by atoms with van der Waals surface area (Å²) in [5, 5.41) is 10.9. The number of halogens is 2. The lowest BCUT2D eigenvalue weighted by molar-refractivity contribution is -0.136. The van der Waals surface area contributed by atoms with Gasteiger partial charge in [0.25, 0.3) is 0 Å². The minimum atomic E-state index is -0.738. The number of nitriles is 1. The van der Waals surface area contributed by atoms with Gasteiger partial charge in [0.15, 0.2) is 0 Å². The van der Waals surface area contributed by atoms with E-state index in [0.29, 0.717) is 48.5 Å². The molecule has 6 rings (SSSR count).